The fourth-order valence-electron chi connectivity index (χ4n) is 5.68. The van der Waals surface area contributed by atoms with Crippen molar-refractivity contribution in [3.05, 3.63) is 176 Å². The van der Waals surface area contributed by atoms with E-state index in [1.54, 1.807) is 0 Å². The lowest BCUT2D eigenvalue weighted by Crippen LogP contribution is -2.00. The summed E-state index contributed by atoms with van der Waals surface area (Å²) in [5, 5.41) is 0. The van der Waals surface area contributed by atoms with Crippen molar-refractivity contribution < 1.29 is 0 Å². The Morgan fingerprint density at radius 3 is 1.02 bits per heavy atom. The van der Waals surface area contributed by atoms with Gasteiger partial charge in [0.05, 0.1) is 11.4 Å². The highest BCUT2D eigenvalue weighted by molar-refractivity contribution is 5.77. The molecule has 2 heterocycles. The van der Waals surface area contributed by atoms with Crippen LogP contribution in [0.25, 0.3) is 79.2 Å². The van der Waals surface area contributed by atoms with Crippen LogP contribution in [-0.4, -0.2) is 24.9 Å². The molecule has 0 radical (unpaired) electrons. The Labute approximate surface area is 279 Å². The van der Waals surface area contributed by atoms with Crippen LogP contribution in [0.15, 0.2) is 176 Å². The molecule has 226 valence electrons. The van der Waals surface area contributed by atoms with E-state index in [0.717, 1.165) is 55.9 Å². The zero-order valence-corrected chi connectivity index (χ0v) is 26.0. The van der Waals surface area contributed by atoms with Gasteiger partial charge in [0.2, 0.25) is 0 Å². The van der Waals surface area contributed by atoms with Crippen LogP contribution < -0.4 is 0 Å². The van der Waals surface area contributed by atoms with E-state index >= 15 is 0 Å². The second kappa shape index (κ2) is 13.0. The zero-order chi connectivity index (χ0) is 32.1. The standard InChI is InChI=1S/C43H29N5/c1-5-14-31(15-6-1)38-29-39(45-40(44-38)32-16-7-2-8-17-32)37-23-13-22-36(28-37)30-24-26-35(27-25-30)43-47-41(33-18-9-3-10-19-33)46-42(48-43)34-20-11-4-12-21-34/h1-29H. The quantitative estimate of drug-likeness (QED) is 0.178. The summed E-state index contributed by atoms with van der Waals surface area (Å²) in [6, 6.07) is 59.4. The number of rotatable bonds is 7. The largest absolute Gasteiger partial charge is 0.228 e. The predicted molar refractivity (Wildman–Crippen MR) is 193 cm³/mol. The van der Waals surface area contributed by atoms with Gasteiger partial charge in [-0.2, -0.15) is 0 Å². The average Bonchev–Trinajstić information content (AvgIpc) is 3.19. The van der Waals surface area contributed by atoms with Crippen LogP contribution in [0.3, 0.4) is 0 Å². The van der Waals surface area contributed by atoms with E-state index < -0.39 is 0 Å². The van der Waals surface area contributed by atoms with Crippen molar-refractivity contribution in [3.63, 3.8) is 0 Å². The molecule has 0 aliphatic carbocycles. The van der Waals surface area contributed by atoms with Gasteiger partial charge in [-0.15, -0.1) is 0 Å². The molecule has 0 saturated carbocycles. The molecule has 0 spiro atoms. The average molecular weight is 616 g/mol. The van der Waals surface area contributed by atoms with Crippen molar-refractivity contribution in [2.75, 3.05) is 0 Å². The first-order chi connectivity index (χ1) is 23.8. The van der Waals surface area contributed by atoms with Gasteiger partial charge in [-0.3, -0.25) is 0 Å². The van der Waals surface area contributed by atoms with E-state index in [1.165, 1.54) is 0 Å². The monoisotopic (exact) mass is 615 g/mol. The second-order valence-electron chi connectivity index (χ2n) is 11.4. The van der Waals surface area contributed by atoms with Gasteiger partial charge in [-0.1, -0.05) is 164 Å². The van der Waals surface area contributed by atoms with Gasteiger partial charge in [-0.25, -0.2) is 24.9 Å². The molecule has 5 heteroatoms. The highest BCUT2D eigenvalue weighted by Gasteiger charge is 2.14. The van der Waals surface area contributed by atoms with Crippen LogP contribution in [0.5, 0.6) is 0 Å². The van der Waals surface area contributed by atoms with Gasteiger partial charge in [0.1, 0.15) is 0 Å². The van der Waals surface area contributed by atoms with E-state index in [1.807, 2.05) is 109 Å². The first kappa shape index (κ1) is 28.9. The third-order valence-corrected chi connectivity index (χ3v) is 8.16. The highest BCUT2D eigenvalue weighted by atomic mass is 15.0. The van der Waals surface area contributed by atoms with Crippen LogP contribution in [0.1, 0.15) is 0 Å². The van der Waals surface area contributed by atoms with Gasteiger partial charge in [0.15, 0.2) is 23.3 Å². The fourth-order valence-corrected chi connectivity index (χ4v) is 5.68. The minimum absolute atomic E-state index is 0.630. The number of hydrogen-bond donors (Lipinski definition) is 0. The lowest BCUT2D eigenvalue weighted by atomic mass is 9.99. The highest BCUT2D eigenvalue weighted by Crippen LogP contribution is 2.31. The van der Waals surface area contributed by atoms with Crippen LogP contribution in [0, 0.1) is 0 Å². The Morgan fingerprint density at radius 2 is 0.542 bits per heavy atom. The predicted octanol–water partition coefficient (Wildman–Crippen LogP) is 10.3. The number of hydrogen-bond acceptors (Lipinski definition) is 5. The molecule has 8 aromatic rings. The van der Waals surface area contributed by atoms with Crippen molar-refractivity contribution in [2.24, 2.45) is 0 Å². The first-order valence-corrected chi connectivity index (χ1v) is 15.8. The maximum Gasteiger partial charge on any atom is 0.164 e. The van der Waals surface area contributed by atoms with Crippen molar-refractivity contribution in [1.82, 2.24) is 24.9 Å². The van der Waals surface area contributed by atoms with E-state index in [2.05, 4.69) is 66.7 Å². The van der Waals surface area contributed by atoms with Gasteiger partial charge in [0.25, 0.3) is 0 Å². The maximum atomic E-state index is 5.02. The molecule has 0 unspecified atom stereocenters. The molecule has 5 nitrogen and oxygen atoms in total. The van der Waals surface area contributed by atoms with Crippen LogP contribution in [0.4, 0.5) is 0 Å². The molecule has 0 N–H and O–H groups in total. The Morgan fingerprint density at radius 1 is 0.208 bits per heavy atom. The lowest BCUT2D eigenvalue weighted by Gasteiger charge is -2.11. The lowest BCUT2D eigenvalue weighted by molar-refractivity contribution is 1.07. The Kier molecular flexibility index (Phi) is 7.83. The normalized spacial score (nSPS) is 10.9. The van der Waals surface area contributed by atoms with Crippen molar-refractivity contribution in [2.45, 2.75) is 0 Å². The molecule has 0 amide bonds. The molecule has 0 saturated heterocycles. The number of nitrogens with zero attached hydrogens (tertiary/aromatic N) is 5. The summed E-state index contributed by atoms with van der Waals surface area (Å²) in [7, 11) is 0. The van der Waals surface area contributed by atoms with E-state index in [0.29, 0.717) is 23.3 Å². The van der Waals surface area contributed by atoms with Crippen molar-refractivity contribution in [3.8, 4) is 79.2 Å². The van der Waals surface area contributed by atoms with Gasteiger partial charge < -0.3 is 0 Å². The summed E-state index contributed by atoms with van der Waals surface area (Å²) in [4.78, 5) is 24.6. The summed E-state index contributed by atoms with van der Waals surface area (Å²) in [6.45, 7) is 0. The van der Waals surface area contributed by atoms with Crippen molar-refractivity contribution in [1.29, 1.82) is 0 Å². The molecule has 8 rings (SSSR count). The van der Waals surface area contributed by atoms with Crippen LogP contribution >= 0.6 is 0 Å². The third-order valence-electron chi connectivity index (χ3n) is 8.16. The molecule has 6 aromatic carbocycles. The smallest absolute Gasteiger partial charge is 0.164 e. The van der Waals surface area contributed by atoms with Gasteiger partial charge in [0, 0.05) is 33.4 Å². The van der Waals surface area contributed by atoms with E-state index in [-0.39, 0.29) is 0 Å². The van der Waals surface area contributed by atoms with Crippen LogP contribution in [0.2, 0.25) is 0 Å². The zero-order valence-electron chi connectivity index (χ0n) is 26.0. The maximum absolute atomic E-state index is 5.02. The molecule has 0 aliphatic rings. The molecule has 0 fully saturated rings. The summed E-state index contributed by atoms with van der Waals surface area (Å²) >= 11 is 0. The molecule has 48 heavy (non-hydrogen) atoms. The minimum Gasteiger partial charge on any atom is -0.228 e. The summed E-state index contributed by atoms with van der Waals surface area (Å²) in [6.07, 6.45) is 0. The summed E-state index contributed by atoms with van der Waals surface area (Å²) in [5.74, 6) is 2.62. The number of aromatic nitrogens is 5. The molecule has 0 aliphatic heterocycles. The van der Waals surface area contributed by atoms with Crippen molar-refractivity contribution >= 4 is 0 Å². The molecule has 2 aromatic heterocycles. The minimum atomic E-state index is 0.630. The third kappa shape index (κ3) is 6.13. The molecule has 0 bridgehead atoms. The number of benzene rings is 6. The van der Waals surface area contributed by atoms with E-state index in [4.69, 9.17) is 24.9 Å². The van der Waals surface area contributed by atoms with Gasteiger partial charge >= 0.3 is 0 Å². The molecule has 0 atom stereocenters. The van der Waals surface area contributed by atoms with E-state index in [9.17, 15) is 0 Å². The summed E-state index contributed by atoms with van der Waals surface area (Å²) < 4.78 is 0. The Bertz CT molecular complexity index is 2190. The Hall–Kier alpha value is -6.59. The Balaban J connectivity index is 1.16. The molecular formula is C43H29N5. The van der Waals surface area contributed by atoms with Crippen LogP contribution in [-0.2, 0) is 0 Å². The first-order valence-electron chi connectivity index (χ1n) is 15.8. The van der Waals surface area contributed by atoms with Gasteiger partial charge in [-0.05, 0) is 23.3 Å². The summed E-state index contributed by atoms with van der Waals surface area (Å²) in [5.41, 5.74) is 9.79. The molecular weight excluding hydrogens is 587 g/mol. The SMILES string of the molecule is c1ccc(-c2cc(-c3cccc(-c4ccc(-c5nc(-c6ccccc6)nc(-c6ccccc6)n5)cc4)c3)nc(-c3ccccc3)n2)cc1. The fraction of sp³-hybridized carbons (Fsp3) is 0. The second-order valence-corrected chi connectivity index (χ2v) is 11.4. The topological polar surface area (TPSA) is 64.5 Å².